The van der Waals surface area contributed by atoms with Crippen LogP contribution in [0.2, 0.25) is 0 Å². The molecule has 0 aromatic rings. The van der Waals surface area contributed by atoms with Gasteiger partial charge in [-0.1, -0.05) is 22.6 Å². The van der Waals surface area contributed by atoms with Gasteiger partial charge in [-0.3, -0.25) is 4.79 Å². The van der Waals surface area contributed by atoms with E-state index in [4.69, 9.17) is 5.11 Å². The number of aliphatic hydroxyl groups excluding tert-OH is 1. The molecule has 0 radical (unpaired) electrons. The predicted octanol–water partition coefficient (Wildman–Crippen LogP) is 0.0962. The molecule has 1 aliphatic heterocycles. The third-order valence-corrected chi connectivity index (χ3v) is 2.55. The molecule has 0 bridgehead atoms. The molecule has 0 aliphatic carbocycles. The van der Waals surface area contributed by atoms with Gasteiger partial charge in [-0.2, -0.15) is 0 Å². The highest BCUT2D eigenvalue weighted by Crippen LogP contribution is 2.21. The van der Waals surface area contributed by atoms with E-state index in [1.807, 2.05) is 22.6 Å². The largest absolute Gasteiger partial charge is 0.459 e. The van der Waals surface area contributed by atoms with Gasteiger partial charge in [-0.05, 0) is 6.92 Å². The monoisotopic (exact) mass is 242 g/mol. The van der Waals surface area contributed by atoms with Crippen LogP contribution in [0.5, 0.6) is 0 Å². The first-order valence-corrected chi connectivity index (χ1v) is 3.90. The minimum absolute atomic E-state index is 0.310. The minimum Gasteiger partial charge on any atom is -0.459 e. The average molecular weight is 242 g/mol. The van der Waals surface area contributed by atoms with Crippen molar-refractivity contribution in [3.8, 4) is 0 Å². The van der Waals surface area contributed by atoms with Gasteiger partial charge in [0.25, 0.3) is 0 Å². The zero-order valence-corrected chi connectivity index (χ0v) is 7.03. The molecule has 4 heteroatoms. The van der Waals surface area contributed by atoms with Crippen molar-refractivity contribution in [2.24, 2.45) is 0 Å². The van der Waals surface area contributed by atoms with E-state index in [-0.39, 0.29) is 16.0 Å². The first kappa shape index (κ1) is 7.27. The Kier molecular flexibility index (Phi) is 1.95. The van der Waals surface area contributed by atoms with Crippen LogP contribution in [0.15, 0.2) is 0 Å². The van der Waals surface area contributed by atoms with E-state index in [9.17, 15) is 4.79 Å². The van der Waals surface area contributed by atoms with Crippen molar-refractivity contribution in [2.75, 3.05) is 0 Å². The molecule has 3 atom stereocenters. The second kappa shape index (κ2) is 2.42. The van der Waals surface area contributed by atoms with Crippen LogP contribution in [-0.2, 0) is 9.53 Å². The maximum Gasteiger partial charge on any atom is 0.322 e. The molecule has 1 rings (SSSR count). The van der Waals surface area contributed by atoms with Crippen LogP contribution < -0.4 is 0 Å². The van der Waals surface area contributed by atoms with Gasteiger partial charge < -0.3 is 9.84 Å². The lowest BCUT2D eigenvalue weighted by atomic mass is 10.2. The molecule has 1 fully saturated rings. The fourth-order valence-electron chi connectivity index (χ4n) is 0.695. The summed E-state index contributed by atoms with van der Waals surface area (Å²) in [6.45, 7) is 1.68. The molecular formula is C5H7IO3. The number of esters is 1. The molecular weight excluding hydrogens is 235 g/mol. The first-order chi connectivity index (χ1) is 4.13. The topological polar surface area (TPSA) is 46.5 Å². The van der Waals surface area contributed by atoms with Gasteiger partial charge in [-0.25, -0.2) is 0 Å². The van der Waals surface area contributed by atoms with E-state index in [0.29, 0.717) is 0 Å². The Bertz CT molecular complexity index is 136. The van der Waals surface area contributed by atoms with E-state index in [0.717, 1.165) is 0 Å². The average Bonchev–Trinajstić information content (AvgIpc) is 1.98. The number of cyclic esters (lactones) is 1. The molecule has 1 N–H and O–H groups in total. The zero-order valence-electron chi connectivity index (χ0n) is 4.87. The molecule has 9 heavy (non-hydrogen) atoms. The summed E-state index contributed by atoms with van der Waals surface area (Å²) in [6.07, 6.45) is -0.961. The van der Waals surface area contributed by atoms with E-state index < -0.39 is 6.10 Å². The van der Waals surface area contributed by atoms with E-state index in [1.54, 1.807) is 6.92 Å². The van der Waals surface area contributed by atoms with Crippen LogP contribution in [-0.4, -0.2) is 27.2 Å². The Morgan fingerprint density at radius 3 is 2.44 bits per heavy atom. The van der Waals surface area contributed by atoms with Crippen molar-refractivity contribution in [2.45, 2.75) is 23.1 Å². The summed E-state index contributed by atoms with van der Waals surface area (Å²) in [5.74, 6) is -0.310. The Morgan fingerprint density at radius 1 is 1.78 bits per heavy atom. The number of carbonyl (C=O) groups excluding carboxylic acids is 1. The predicted molar refractivity (Wildman–Crippen MR) is 39.4 cm³/mol. The van der Waals surface area contributed by atoms with Crippen molar-refractivity contribution < 1.29 is 14.6 Å². The number of rotatable bonds is 0. The molecule has 0 unspecified atom stereocenters. The van der Waals surface area contributed by atoms with Crippen LogP contribution in [0.1, 0.15) is 6.92 Å². The fourth-order valence-corrected chi connectivity index (χ4v) is 1.43. The number of ether oxygens (including phenoxy) is 1. The highest BCUT2D eigenvalue weighted by molar-refractivity contribution is 14.1. The second-order valence-electron chi connectivity index (χ2n) is 2.03. The highest BCUT2D eigenvalue weighted by atomic mass is 127. The number of hydrogen-bond donors (Lipinski definition) is 1. The Balaban J connectivity index is 2.65. The Morgan fingerprint density at radius 2 is 2.33 bits per heavy atom. The molecule has 52 valence electrons. The SMILES string of the molecule is C[C@H]1OC(=O)[C@@H](I)[C@@H]1O. The second-order valence-corrected chi connectivity index (χ2v) is 3.38. The number of carbonyl (C=O) groups is 1. The first-order valence-electron chi connectivity index (χ1n) is 2.65. The van der Waals surface area contributed by atoms with Crippen molar-refractivity contribution in [3.63, 3.8) is 0 Å². The van der Waals surface area contributed by atoms with Crippen LogP contribution in [0, 0.1) is 0 Å². The summed E-state index contributed by atoms with van der Waals surface area (Å²) in [4.78, 5) is 10.6. The summed E-state index contributed by atoms with van der Waals surface area (Å²) < 4.78 is 4.31. The highest BCUT2D eigenvalue weighted by Gasteiger charge is 2.38. The van der Waals surface area contributed by atoms with Gasteiger partial charge in [0, 0.05) is 0 Å². The summed E-state index contributed by atoms with van der Waals surface area (Å²) >= 11 is 1.87. The van der Waals surface area contributed by atoms with Gasteiger partial charge >= 0.3 is 5.97 Å². The summed E-state index contributed by atoms with van der Waals surface area (Å²) in [5.41, 5.74) is 0. The van der Waals surface area contributed by atoms with Crippen molar-refractivity contribution in [1.29, 1.82) is 0 Å². The van der Waals surface area contributed by atoms with Gasteiger partial charge in [-0.15, -0.1) is 0 Å². The lowest BCUT2D eigenvalue weighted by molar-refractivity contribution is -0.140. The number of hydrogen-bond acceptors (Lipinski definition) is 3. The molecule has 0 aromatic heterocycles. The molecule has 1 saturated heterocycles. The van der Waals surface area contributed by atoms with E-state index >= 15 is 0 Å². The molecule has 0 aromatic carbocycles. The minimum atomic E-state index is -0.627. The van der Waals surface area contributed by atoms with Crippen molar-refractivity contribution in [3.05, 3.63) is 0 Å². The molecule has 1 heterocycles. The maximum atomic E-state index is 10.6. The van der Waals surface area contributed by atoms with E-state index in [1.165, 1.54) is 0 Å². The van der Waals surface area contributed by atoms with Gasteiger partial charge in [0.05, 0.1) is 0 Å². The summed E-state index contributed by atoms with van der Waals surface area (Å²) in [7, 11) is 0. The lowest BCUT2D eigenvalue weighted by Gasteiger charge is -2.04. The van der Waals surface area contributed by atoms with Gasteiger partial charge in [0.15, 0.2) is 0 Å². The third kappa shape index (κ3) is 1.19. The van der Waals surface area contributed by atoms with Crippen molar-refractivity contribution in [1.82, 2.24) is 0 Å². The van der Waals surface area contributed by atoms with Crippen molar-refractivity contribution >= 4 is 28.6 Å². The number of alkyl halides is 1. The van der Waals surface area contributed by atoms with Crippen LogP contribution in [0.25, 0.3) is 0 Å². The Hall–Kier alpha value is 0.160. The molecule has 3 nitrogen and oxygen atoms in total. The molecule has 0 saturated carbocycles. The quantitative estimate of drug-likeness (QED) is 0.372. The van der Waals surface area contributed by atoms with Gasteiger partial charge in [0.2, 0.25) is 0 Å². The number of halogens is 1. The Labute approximate surface area is 66.5 Å². The fraction of sp³-hybridized carbons (Fsp3) is 0.800. The smallest absolute Gasteiger partial charge is 0.322 e. The molecule has 0 amide bonds. The summed E-state index contributed by atoms with van der Waals surface area (Å²) in [5, 5.41) is 9.08. The molecule has 1 aliphatic rings. The third-order valence-electron chi connectivity index (χ3n) is 1.31. The lowest BCUT2D eigenvalue weighted by Crippen LogP contribution is -2.24. The summed E-state index contributed by atoms with van der Waals surface area (Å²) in [6, 6.07) is 0. The van der Waals surface area contributed by atoms with Gasteiger partial charge in [0.1, 0.15) is 16.1 Å². The maximum absolute atomic E-state index is 10.6. The standard InChI is InChI=1S/C5H7IO3/c1-2-4(7)3(6)5(8)9-2/h2-4,7H,1H3/t2-,3+,4-/m1/s1. The number of aliphatic hydroxyl groups is 1. The van der Waals surface area contributed by atoms with Crippen LogP contribution in [0.3, 0.4) is 0 Å². The molecule has 0 spiro atoms. The normalized spacial score (nSPS) is 43.0. The van der Waals surface area contributed by atoms with Crippen LogP contribution in [0.4, 0.5) is 0 Å². The van der Waals surface area contributed by atoms with E-state index in [2.05, 4.69) is 4.74 Å². The van der Waals surface area contributed by atoms with Crippen LogP contribution >= 0.6 is 22.6 Å². The zero-order chi connectivity index (χ0) is 7.02.